The Kier molecular flexibility index (Phi) is 7.87. The van der Waals surface area contributed by atoms with Gasteiger partial charge in [0.15, 0.2) is 0 Å². The zero-order chi connectivity index (χ0) is 24.4. The molecule has 6 heteroatoms. The molecule has 2 aliphatic rings. The molecule has 0 aliphatic heterocycles. The van der Waals surface area contributed by atoms with Gasteiger partial charge in [0.05, 0.1) is 6.10 Å². The SMILES string of the molecule is CC(C(=O)NCc1cccnc1)C1CCC2(C)CCC(NC(=O)CC(C)(C)C)C(C)C2C1O. The first-order valence-corrected chi connectivity index (χ1v) is 12.6. The second kappa shape index (κ2) is 10.1. The van der Waals surface area contributed by atoms with Crippen molar-refractivity contribution in [2.45, 2.75) is 92.3 Å². The highest BCUT2D eigenvalue weighted by molar-refractivity contribution is 5.78. The Morgan fingerprint density at radius 1 is 1.27 bits per heavy atom. The molecule has 7 unspecified atom stereocenters. The molecule has 7 atom stereocenters. The van der Waals surface area contributed by atoms with Crippen LogP contribution in [0.3, 0.4) is 0 Å². The minimum atomic E-state index is -0.555. The average molecular weight is 458 g/mol. The van der Waals surface area contributed by atoms with Gasteiger partial charge in [-0.1, -0.05) is 47.6 Å². The van der Waals surface area contributed by atoms with Crippen LogP contribution in [0, 0.1) is 34.5 Å². The lowest BCUT2D eigenvalue weighted by Gasteiger charge is -2.56. The van der Waals surface area contributed by atoms with Crippen molar-refractivity contribution in [3.63, 3.8) is 0 Å². The van der Waals surface area contributed by atoms with Crippen LogP contribution in [0.4, 0.5) is 0 Å². The predicted octanol–water partition coefficient (Wildman–Crippen LogP) is 4.08. The Hall–Kier alpha value is -1.95. The maximum Gasteiger partial charge on any atom is 0.223 e. The molecule has 3 N–H and O–H groups in total. The van der Waals surface area contributed by atoms with E-state index in [9.17, 15) is 14.7 Å². The standard InChI is InChI=1S/C27H43N3O3/c1-17(25(33)29-16-19-8-7-13-28-15-19)20-9-11-27(6)12-10-21(18(2)23(27)24(20)32)30-22(31)14-26(3,4)5/h7-8,13,15,17-18,20-21,23-24,32H,9-12,14,16H2,1-6H3,(H,29,33)(H,30,31). The topological polar surface area (TPSA) is 91.3 Å². The van der Waals surface area contributed by atoms with Crippen LogP contribution in [0.1, 0.15) is 79.2 Å². The highest BCUT2D eigenvalue weighted by atomic mass is 16.3. The van der Waals surface area contributed by atoms with Crippen molar-refractivity contribution in [3.8, 4) is 0 Å². The third kappa shape index (κ3) is 6.14. The van der Waals surface area contributed by atoms with Crippen LogP contribution in [0.5, 0.6) is 0 Å². The van der Waals surface area contributed by atoms with Crippen LogP contribution in [-0.2, 0) is 16.1 Å². The van der Waals surface area contributed by atoms with Crippen molar-refractivity contribution in [3.05, 3.63) is 30.1 Å². The summed E-state index contributed by atoms with van der Waals surface area (Å²) in [5.41, 5.74) is 0.960. The van der Waals surface area contributed by atoms with Gasteiger partial charge >= 0.3 is 0 Å². The lowest BCUT2D eigenvalue weighted by Crippen LogP contribution is -2.58. The highest BCUT2D eigenvalue weighted by Crippen LogP contribution is 2.55. The second-order valence-electron chi connectivity index (χ2n) is 12.0. The molecule has 184 valence electrons. The van der Waals surface area contributed by atoms with Crippen molar-refractivity contribution >= 4 is 11.8 Å². The zero-order valence-corrected chi connectivity index (χ0v) is 21.2. The number of pyridine rings is 1. The lowest BCUT2D eigenvalue weighted by molar-refractivity contribution is -0.144. The smallest absolute Gasteiger partial charge is 0.223 e. The molecule has 1 aromatic heterocycles. The van der Waals surface area contributed by atoms with Gasteiger partial charge in [-0.2, -0.15) is 0 Å². The van der Waals surface area contributed by atoms with E-state index < -0.39 is 6.10 Å². The number of rotatable bonds is 6. The Morgan fingerprint density at radius 3 is 2.61 bits per heavy atom. The second-order valence-corrected chi connectivity index (χ2v) is 12.0. The summed E-state index contributed by atoms with van der Waals surface area (Å²) in [7, 11) is 0. The van der Waals surface area contributed by atoms with E-state index >= 15 is 0 Å². The molecule has 2 saturated carbocycles. The summed E-state index contributed by atoms with van der Waals surface area (Å²) in [5, 5.41) is 17.8. The Morgan fingerprint density at radius 2 is 1.97 bits per heavy atom. The summed E-state index contributed by atoms with van der Waals surface area (Å²) >= 11 is 0. The maximum absolute atomic E-state index is 12.9. The summed E-state index contributed by atoms with van der Waals surface area (Å²) in [6, 6.07) is 3.87. The van der Waals surface area contributed by atoms with Crippen molar-refractivity contribution in [1.29, 1.82) is 0 Å². The van der Waals surface area contributed by atoms with E-state index in [1.165, 1.54) is 0 Å². The number of aromatic nitrogens is 1. The zero-order valence-electron chi connectivity index (χ0n) is 21.2. The molecule has 0 saturated heterocycles. The van der Waals surface area contributed by atoms with E-state index in [0.29, 0.717) is 13.0 Å². The first kappa shape index (κ1) is 25.7. The number of amides is 2. The number of nitrogens with one attached hydrogen (secondary N) is 2. The monoisotopic (exact) mass is 457 g/mol. The van der Waals surface area contributed by atoms with E-state index in [4.69, 9.17) is 0 Å². The third-order valence-corrected chi connectivity index (χ3v) is 8.17. The van der Waals surface area contributed by atoms with E-state index in [0.717, 1.165) is 31.2 Å². The summed E-state index contributed by atoms with van der Waals surface area (Å²) < 4.78 is 0. The summed E-state index contributed by atoms with van der Waals surface area (Å²) in [5.74, 6) is -0.0553. The number of carbonyl (C=O) groups excluding carboxylic acids is 2. The van der Waals surface area contributed by atoms with Crippen LogP contribution >= 0.6 is 0 Å². The van der Waals surface area contributed by atoms with Gasteiger partial charge in [0.1, 0.15) is 0 Å². The van der Waals surface area contributed by atoms with Gasteiger partial charge in [-0.25, -0.2) is 0 Å². The molecule has 2 fully saturated rings. The minimum Gasteiger partial charge on any atom is -0.392 e. The van der Waals surface area contributed by atoms with Gasteiger partial charge < -0.3 is 15.7 Å². The summed E-state index contributed by atoms with van der Waals surface area (Å²) in [6.07, 6.45) is 7.21. The Balaban J connectivity index is 1.65. The van der Waals surface area contributed by atoms with E-state index in [1.807, 2.05) is 19.1 Å². The van der Waals surface area contributed by atoms with E-state index in [2.05, 4.69) is 50.2 Å². The van der Waals surface area contributed by atoms with Crippen LogP contribution in [0.2, 0.25) is 0 Å². The number of nitrogens with zero attached hydrogens (tertiary/aromatic N) is 1. The lowest BCUT2D eigenvalue weighted by atomic mass is 9.51. The summed E-state index contributed by atoms with van der Waals surface area (Å²) in [6.45, 7) is 13.1. The molecular weight excluding hydrogens is 414 g/mol. The van der Waals surface area contributed by atoms with Gasteiger partial charge in [0.2, 0.25) is 11.8 Å². The van der Waals surface area contributed by atoms with E-state index in [-0.39, 0.29) is 52.4 Å². The number of fused-ring (bicyclic) bond motifs is 1. The maximum atomic E-state index is 12.9. The fraction of sp³-hybridized carbons (Fsp3) is 0.741. The fourth-order valence-electron chi connectivity index (χ4n) is 6.28. The van der Waals surface area contributed by atoms with E-state index in [1.54, 1.807) is 12.4 Å². The van der Waals surface area contributed by atoms with Crippen LogP contribution in [0.25, 0.3) is 0 Å². The van der Waals surface area contributed by atoms with Crippen molar-refractivity contribution in [2.75, 3.05) is 0 Å². The van der Waals surface area contributed by atoms with Crippen molar-refractivity contribution in [2.24, 2.45) is 34.5 Å². The fourth-order valence-corrected chi connectivity index (χ4v) is 6.28. The molecule has 6 nitrogen and oxygen atoms in total. The molecular formula is C27H43N3O3. The average Bonchev–Trinajstić information content (AvgIpc) is 2.73. The molecule has 0 radical (unpaired) electrons. The largest absolute Gasteiger partial charge is 0.392 e. The molecule has 0 spiro atoms. The quantitative estimate of drug-likeness (QED) is 0.600. The Labute approximate surface area is 199 Å². The van der Waals surface area contributed by atoms with Crippen LogP contribution < -0.4 is 10.6 Å². The first-order chi connectivity index (χ1) is 15.4. The molecule has 3 rings (SSSR count). The van der Waals surface area contributed by atoms with Gasteiger partial charge in [0, 0.05) is 37.3 Å². The minimum absolute atomic E-state index is 0.0231. The van der Waals surface area contributed by atoms with Gasteiger partial charge in [-0.3, -0.25) is 14.6 Å². The van der Waals surface area contributed by atoms with Gasteiger partial charge in [-0.05, 0) is 65.9 Å². The van der Waals surface area contributed by atoms with Gasteiger partial charge in [-0.15, -0.1) is 0 Å². The Bertz CT molecular complexity index is 822. The molecule has 1 heterocycles. The normalized spacial score (nSPS) is 33.0. The molecule has 1 aromatic rings. The molecule has 2 amide bonds. The van der Waals surface area contributed by atoms with Gasteiger partial charge in [0.25, 0.3) is 0 Å². The third-order valence-electron chi connectivity index (χ3n) is 8.17. The van der Waals surface area contributed by atoms with Crippen molar-refractivity contribution < 1.29 is 14.7 Å². The van der Waals surface area contributed by atoms with Crippen LogP contribution in [-0.4, -0.2) is 34.1 Å². The first-order valence-electron chi connectivity index (χ1n) is 12.6. The molecule has 0 bridgehead atoms. The molecule has 0 aromatic carbocycles. The number of aliphatic hydroxyl groups is 1. The summed E-state index contributed by atoms with van der Waals surface area (Å²) in [4.78, 5) is 29.6. The molecule has 33 heavy (non-hydrogen) atoms. The van der Waals surface area contributed by atoms with Crippen LogP contribution in [0.15, 0.2) is 24.5 Å². The van der Waals surface area contributed by atoms with Crippen molar-refractivity contribution in [1.82, 2.24) is 15.6 Å². The number of hydrogen-bond donors (Lipinski definition) is 3. The molecule has 2 aliphatic carbocycles. The highest BCUT2D eigenvalue weighted by Gasteiger charge is 2.53. The number of aliphatic hydroxyl groups excluding tert-OH is 1. The number of carbonyl (C=O) groups is 2. The number of hydrogen-bond acceptors (Lipinski definition) is 4. The predicted molar refractivity (Wildman–Crippen MR) is 130 cm³/mol.